The molecule has 0 amide bonds. The van der Waals surface area contributed by atoms with Crippen LogP contribution in [0.25, 0.3) is 0 Å². The molecule has 1 N–H and O–H groups in total. The minimum atomic E-state index is 0.125. The van der Waals surface area contributed by atoms with Gasteiger partial charge >= 0.3 is 0 Å². The molecule has 0 radical (unpaired) electrons. The molecule has 0 atom stereocenters. The van der Waals surface area contributed by atoms with Gasteiger partial charge in [0.15, 0.2) is 0 Å². The highest BCUT2D eigenvalue weighted by Gasteiger charge is 2.25. The topological polar surface area (TPSA) is 33.1 Å². The molecule has 1 fully saturated rings. The summed E-state index contributed by atoms with van der Waals surface area (Å²) in [5.74, 6) is 0.708. The Morgan fingerprint density at radius 3 is 3.00 bits per heavy atom. The van der Waals surface area contributed by atoms with Crippen LogP contribution in [0.3, 0.4) is 0 Å². The molecule has 1 aromatic rings. The number of pyridine rings is 1. The number of aromatic nitrogens is 1. The molecule has 0 aromatic carbocycles. The van der Waals surface area contributed by atoms with Gasteiger partial charge in [-0.2, -0.15) is 0 Å². The van der Waals surface area contributed by atoms with E-state index in [1.807, 2.05) is 6.07 Å². The van der Waals surface area contributed by atoms with Crippen LogP contribution >= 0.6 is 0 Å². The molecule has 0 bridgehead atoms. The van der Waals surface area contributed by atoms with E-state index in [2.05, 4.69) is 4.98 Å². The number of rotatable bonds is 2. The maximum Gasteiger partial charge on any atom is 0.0699 e. The van der Waals surface area contributed by atoms with Crippen molar-refractivity contribution in [2.45, 2.75) is 25.4 Å². The SMILES string of the molecule is OCc1cnccc1C1CC1. The lowest BCUT2D eigenvalue weighted by Gasteiger charge is -2.02. The van der Waals surface area contributed by atoms with Crippen molar-refractivity contribution in [3.63, 3.8) is 0 Å². The molecule has 1 saturated carbocycles. The Kier molecular flexibility index (Phi) is 1.62. The van der Waals surface area contributed by atoms with Crippen molar-refractivity contribution < 1.29 is 5.11 Å². The molecule has 1 aliphatic rings. The average Bonchev–Trinajstić information content (AvgIpc) is 2.87. The normalized spacial score (nSPS) is 16.8. The van der Waals surface area contributed by atoms with Crippen molar-refractivity contribution in [3.05, 3.63) is 29.6 Å². The lowest BCUT2D eigenvalue weighted by molar-refractivity contribution is 0.280. The van der Waals surface area contributed by atoms with E-state index in [4.69, 9.17) is 5.11 Å². The van der Waals surface area contributed by atoms with E-state index >= 15 is 0 Å². The summed E-state index contributed by atoms with van der Waals surface area (Å²) in [6, 6.07) is 2.02. The van der Waals surface area contributed by atoms with Gasteiger partial charge < -0.3 is 5.11 Å². The maximum atomic E-state index is 8.96. The second kappa shape index (κ2) is 2.62. The van der Waals surface area contributed by atoms with Gasteiger partial charge in [-0.05, 0) is 36.0 Å². The Bertz CT molecular complexity index is 255. The quantitative estimate of drug-likeness (QED) is 0.690. The summed E-state index contributed by atoms with van der Waals surface area (Å²) in [5.41, 5.74) is 2.29. The van der Waals surface area contributed by atoms with Crippen LogP contribution in [0, 0.1) is 0 Å². The van der Waals surface area contributed by atoms with Gasteiger partial charge in [-0.3, -0.25) is 4.98 Å². The van der Waals surface area contributed by atoms with Gasteiger partial charge in [0, 0.05) is 12.4 Å². The van der Waals surface area contributed by atoms with E-state index < -0.39 is 0 Å². The maximum absolute atomic E-state index is 8.96. The van der Waals surface area contributed by atoms with E-state index in [-0.39, 0.29) is 6.61 Å². The van der Waals surface area contributed by atoms with E-state index in [9.17, 15) is 0 Å². The predicted octanol–water partition coefficient (Wildman–Crippen LogP) is 1.45. The van der Waals surface area contributed by atoms with E-state index in [1.165, 1.54) is 18.4 Å². The lowest BCUT2D eigenvalue weighted by atomic mass is 10.1. The summed E-state index contributed by atoms with van der Waals surface area (Å²) in [7, 11) is 0. The van der Waals surface area contributed by atoms with E-state index in [1.54, 1.807) is 12.4 Å². The number of nitrogens with zero attached hydrogens (tertiary/aromatic N) is 1. The molecule has 2 rings (SSSR count). The van der Waals surface area contributed by atoms with Crippen LogP contribution in [0.4, 0.5) is 0 Å². The summed E-state index contributed by atoms with van der Waals surface area (Å²) in [6.45, 7) is 0.125. The summed E-state index contributed by atoms with van der Waals surface area (Å²) in [4.78, 5) is 3.97. The largest absolute Gasteiger partial charge is 0.392 e. The number of aliphatic hydroxyl groups is 1. The molecule has 2 heteroatoms. The summed E-state index contributed by atoms with van der Waals surface area (Å²) in [6.07, 6.45) is 6.11. The fourth-order valence-corrected chi connectivity index (χ4v) is 1.36. The van der Waals surface area contributed by atoms with E-state index in [0.29, 0.717) is 5.92 Å². The van der Waals surface area contributed by atoms with Crippen LogP contribution in [-0.2, 0) is 6.61 Å². The Balaban J connectivity index is 2.34. The molecule has 1 aliphatic carbocycles. The van der Waals surface area contributed by atoms with Crippen LogP contribution in [0.15, 0.2) is 18.5 Å². The Hall–Kier alpha value is -0.890. The molecular formula is C9H11NO. The third-order valence-corrected chi connectivity index (χ3v) is 2.13. The third kappa shape index (κ3) is 1.26. The monoisotopic (exact) mass is 149 g/mol. The molecule has 0 saturated heterocycles. The van der Waals surface area contributed by atoms with Crippen molar-refractivity contribution in [1.29, 1.82) is 0 Å². The molecule has 1 aromatic heterocycles. The Labute approximate surface area is 65.9 Å². The fourth-order valence-electron chi connectivity index (χ4n) is 1.36. The Morgan fingerprint density at radius 1 is 1.55 bits per heavy atom. The standard InChI is InChI=1S/C9H11NO/c11-6-8-5-10-4-3-9(8)7-1-2-7/h3-5,7,11H,1-2,6H2. The van der Waals surface area contributed by atoms with Gasteiger partial charge in [-0.15, -0.1) is 0 Å². The van der Waals surface area contributed by atoms with Crippen LogP contribution in [0.5, 0.6) is 0 Å². The van der Waals surface area contributed by atoms with Crippen molar-refractivity contribution in [2.75, 3.05) is 0 Å². The van der Waals surface area contributed by atoms with Crippen molar-refractivity contribution in [3.8, 4) is 0 Å². The molecule has 0 aliphatic heterocycles. The highest BCUT2D eigenvalue weighted by Crippen LogP contribution is 2.41. The van der Waals surface area contributed by atoms with Crippen LogP contribution in [0.1, 0.15) is 29.9 Å². The highest BCUT2D eigenvalue weighted by molar-refractivity contribution is 5.29. The van der Waals surface area contributed by atoms with Gasteiger partial charge in [0.05, 0.1) is 6.61 Å². The zero-order chi connectivity index (χ0) is 7.68. The first-order valence-electron chi connectivity index (χ1n) is 3.95. The molecule has 2 nitrogen and oxygen atoms in total. The second-order valence-electron chi connectivity index (χ2n) is 3.01. The van der Waals surface area contributed by atoms with Crippen LogP contribution < -0.4 is 0 Å². The summed E-state index contributed by atoms with van der Waals surface area (Å²) < 4.78 is 0. The van der Waals surface area contributed by atoms with Crippen molar-refractivity contribution in [2.24, 2.45) is 0 Å². The van der Waals surface area contributed by atoms with Gasteiger partial charge in [-0.25, -0.2) is 0 Å². The zero-order valence-corrected chi connectivity index (χ0v) is 6.33. The molecular weight excluding hydrogens is 138 g/mol. The van der Waals surface area contributed by atoms with Gasteiger partial charge in [0.25, 0.3) is 0 Å². The van der Waals surface area contributed by atoms with Crippen molar-refractivity contribution in [1.82, 2.24) is 4.98 Å². The van der Waals surface area contributed by atoms with Crippen molar-refractivity contribution >= 4 is 0 Å². The fraction of sp³-hybridized carbons (Fsp3) is 0.444. The van der Waals surface area contributed by atoms with Gasteiger partial charge in [0.1, 0.15) is 0 Å². The molecule has 0 spiro atoms. The minimum Gasteiger partial charge on any atom is -0.392 e. The Morgan fingerprint density at radius 2 is 2.36 bits per heavy atom. The number of hydrogen-bond acceptors (Lipinski definition) is 2. The first-order chi connectivity index (χ1) is 5.42. The van der Waals surface area contributed by atoms with Gasteiger partial charge in [-0.1, -0.05) is 0 Å². The minimum absolute atomic E-state index is 0.125. The first-order valence-corrected chi connectivity index (χ1v) is 3.95. The molecule has 1 heterocycles. The first kappa shape index (κ1) is 6.80. The second-order valence-corrected chi connectivity index (χ2v) is 3.01. The van der Waals surface area contributed by atoms with E-state index in [0.717, 1.165) is 5.56 Å². The predicted molar refractivity (Wildman–Crippen MR) is 42.1 cm³/mol. The average molecular weight is 149 g/mol. The zero-order valence-electron chi connectivity index (χ0n) is 6.33. The smallest absolute Gasteiger partial charge is 0.0699 e. The molecule has 11 heavy (non-hydrogen) atoms. The van der Waals surface area contributed by atoms with Gasteiger partial charge in [0.2, 0.25) is 0 Å². The number of aliphatic hydroxyl groups excluding tert-OH is 1. The van der Waals surface area contributed by atoms with Crippen LogP contribution in [0.2, 0.25) is 0 Å². The van der Waals surface area contributed by atoms with Crippen LogP contribution in [-0.4, -0.2) is 10.1 Å². The molecule has 58 valence electrons. The molecule has 0 unspecified atom stereocenters. The number of hydrogen-bond donors (Lipinski definition) is 1. The summed E-state index contributed by atoms with van der Waals surface area (Å²) >= 11 is 0. The lowest BCUT2D eigenvalue weighted by Crippen LogP contribution is -1.92. The third-order valence-electron chi connectivity index (χ3n) is 2.13. The highest BCUT2D eigenvalue weighted by atomic mass is 16.3. The summed E-state index contributed by atoms with van der Waals surface area (Å²) in [5, 5.41) is 8.96.